The van der Waals surface area contributed by atoms with Crippen LogP contribution in [0, 0.1) is 12.7 Å². The minimum absolute atomic E-state index is 0.162. The third-order valence-electron chi connectivity index (χ3n) is 5.16. The van der Waals surface area contributed by atoms with Gasteiger partial charge in [-0.15, -0.1) is 5.10 Å². The minimum atomic E-state index is -0.246. The Morgan fingerprint density at radius 1 is 1.07 bits per heavy atom. The van der Waals surface area contributed by atoms with E-state index in [1.807, 2.05) is 42.2 Å². The summed E-state index contributed by atoms with van der Waals surface area (Å²) in [5, 5.41) is 8.28. The summed E-state index contributed by atoms with van der Waals surface area (Å²) >= 11 is 0. The van der Waals surface area contributed by atoms with Crippen LogP contribution in [0.4, 0.5) is 10.1 Å². The first-order chi connectivity index (χ1) is 14.1. The summed E-state index contributed by atoms with van der Waals surface area (Å²) in [4.78, 5) is 16.7. The fourth-order valence-electron chi connectivity index (χ4n) is 3.52. The summed E-state index contributed by atoms with van der Waals surface area (Å²) in [5.74, 6) is 0.295. The van der Waals surface area contributed by atoms with Gasteiger partial charge in [-0.2, -0.15) is 0 Å². The summed E-state index contributed by atoms with van der Waals surface area (Å²) in [6.07, 6.45) is 0. The molecule has 0 unspecified atom stereocenters. The number of rotatable bonds is 4. The van der Waals surface area contributed by atoms with Crippen LogP contribution in [0.15, 0.2) is 48.5 Å². The van der Waals surface area contributed by atoms with Gasteiger partial charge >= 0.3 is 0 Å². The van der Waals surface area contributed by atoms with Crippen LogP contribution in [-0.2, 0) is 0 Å². The maximum absolute atomic E-state index is 14.0. The van der Waals surface area contributed by atoms with E-state index in [0.717, 1.165) is 5.69 Å². The number of para-hydroxylation sites is 1. The van der Waals surface area contributed by atoms with Crippen LogP contribution in [0.25, 0.3) is 5.69 Å². The van der Waals surface area contributed by atoms with Crippen molar-refractivity contribution in [2.24, 2.45) is 0 Å². The van der Waals surface area contributed by atoms with E-state index >= 15 is 0 Å². The average molecular weight is 395 g/mol. The zero-order valence-corrected chi connectivity index (χ0v) is 16.4. The standard InChI is InChI=1S/C21H22FN5O2/c1-15-20(23-24-27(15)16-6-5-7-17(14-16)29-2)21(28)26-12-10-25(11-13-26)19-9-4-3-8-18(19)22/h3-9,14H,10-13H2,1-2H3. The van der Waals surface area contributed by atoms with E-state index in [9.17, 15) is 9.18 Å². The Morgan fingerprint density at radius 3 is 2.55 bits per heavy atom. The highest BCUT2D eigenvalue weighted by atomic mass is 19.1. The van der Waals surface area contributed by atoms with E-state index in [4.69, 9.17) is 4.74 Å². The van der Waals surface area contributed by atoms with Crippen LogP contribution >= 0.6 is 0 Å². The minimum Gasteiger partial charge on any atom is -0.497 e. The second-order valence-electron chi connectivity index (χ2n) is 6.87. The highest BCUT2D eigenvalue weighted by molar-refractivity contribution is 5.93. The number of hydrogen-bond donors (Lipinski definition) is 0. The highest BCUT2D eigenvalue weighted by Crippen LogP contribution is 2.22. The van der Waals surface area contributed by atoms with Crippen molar-refractivity contribution in [1.29, 1.82) is 0 Å². The van der Waals surface area contributed by atoms with Crippen molar-refractivity contribution < 1.29 is 13.9 Å². The van der Waals surface area contributed by atoms with Gasteiger partial charge in [0, 0.05) is 32.2 Å². The first-order valence-corrected chi connectivity index (χ1v) is 9.44. The first kappa shape index (κ1) is 18.9. The number of methoxy groups -OCH3 is 1. The van der Waals surface area contributed by atoms with Gasteiger partial charge in [0.05, 0.1) is 24.2 Å². The lowest BCUT2D eigenvalue weighted by Crippen LogP contribution is -2.49. The van der Waals surface area contributed by atoms with Crippen molar-refractivity contribution in [1.82, 2.24) is 19.9 Å². The number of anilines is 1. The van der Waals surface area contributed by atoms with Gasteiger partial charge < -0.3 is 14.5 Å². The Hall–Kier alpha value is -3.42. The molecule has 4 rings (SSSR count). The Morgan fingerprint density at radius 2 is 1.83 bits per heavy atom. The molecule has 3 aromatic rings. The van der Waals surface area contributed by atoms with Crippen molar-refractivity contribution in [2.45, 2.75) is 6.92 Å². The number of aromatic nitrogens is 3. The van der Waals surface area contributed by atoms with Gasteiger partial charge in [0.2, 0.25) is 0 Å². The fraction of sp³-hybridized carbons (Fsp3) is 0.286. The molecule has 29 heavy (non-hydrogen) atoms. The molecule has 0 atom stereocenters. The van der Waals surface area contributed by atoms with Gasteiger partial charge in [0.1, 0.15) is 11.6 Å². The molecule has 1 fully saturated rings. The normalized spacial score (nSPS) is 14.2. The lowest BCUT2D eigenvalue weighted by Gasteiger charge is -2.35. The number of amides is 1. The van der Waals surface area contributed by atoms with Gasteiger partial charge in [-0.25, -0.2) is 9.07 Å². The number of ether oxygens (including phenoxy) is 1. The molecule has 0 saturated carbocycles. The molecule has 0 spiro atoms. The summed E-state index contributed by atoms with van der Waals surface area (Å²) in [7, 11) is 1.60. The molecule has 0 N–H and O–H groups in total. The van der Waals surface area contributed by atoms with Gasteiger partial charge in [0.25, 0.3) is 5.91 Å². The number of carbonyl (C=O) groups is 1. The first-order valence-electron chi connectivity index (χ1n) is 9.44. The second kappa shape index (κ2) is 7.90. The van der Waals surface area contributed by atoms with E-state index in [2.05, 4.69) is 10.3 Å². The van der Waals surface area contributed by atoms with E-state index in [1.165, 1.54) is 6.07 Å². The molecule has 0 radical (unpaired) electrons. The van der Waals surface area contributed by atoms with Crippen molar-refractivity contribution in [3.05, 3.63) is 65.7 Å². The van der Waals surface area contributed by atoms with E-state index in [0.29, 0.717) is 49.0 Å². The van der Waals surface area contributed by atoms with E-state index < -0.39 is 0 Å². The largest absolute Gasteiger partial charge is 0.497 e. The molecule has 1 amide bonds. The topological polar surface area (TPSA) is 63.5 Å². The molecule has 0 bridgehead atoms. The molecule has 2 aromatic carbocycles. The summed E-state index contributed by atoms with van der Waals surface area (Å²) < 4.78 is 20.9. The monoisotopic (exact) mass is 395 g/mol. The van der Waals surface area contributed by atoms with Gasteiger partial charge in [-0.3, -0.25) is 4.79 Å². The van der Waals surface area contributed by atoms with Gasteiger partial charge in [-0.05, 0) is 31.2 Å². The van der Waals surface area contributed by atoms with E-state index in [-0.39, 0.29) is 11.7 Å². The third kappa shape index (κ3) is 3.65. The molecule has 7 nitrogen and oxygen atoms in total. The van der Waals surface area contributed by atoms with Crippen molar-refractivity contribution in [3.63, 3.8) is 0 Å². The predicted molar refractivity (Wildman–Crippen MR) is 107 cm³/mol. The molecular formula is C21H22FN5O2. The van der Waals surface area contributed by atoms with Crippen molar-refractivity contribution >= 4 is 11.6 Å². The average Bonchev–Trinajstić information content (AvgIpc) is 3.15. The fourth-order valence-corrected chi connectivity index (χ4v) is 3.52. The lowest BCUT2D eigenvalue weighted by molar-refractivity contribution is 0.0740. The second-order valence-corrected chi connectivity index (χ2v) is 6.87. The molecule has 0 aliphatic carbocycles. The summed E-state index contributed by atoms with van der Waals surface area (Å²) in [6.45, 7) is 3.95. The van der Waals surface area contributed by atoms with Crippen LogP contribution in [0.2, 0.25) is 0 Å². The number of nitrogens with zero attached hydrogens (tertiary/aromatic N) is 5. The molecule has 1 aliphatic heterocycles. The number of piperazine rings is 1. The molecule has 150 valence electrons. The van der Waals surface area contributed by atoms with Crippen molar-refractivity contribution in [3.8, 4) is 11.4 Å². The van der Waals surface area contributed by atoms with Crippen LogP contribution in [0.1, 0.15) is 16.2 Å². The van der Waals surface area contributed by atoms with Crippen LogP contribution in [0.3, 0.4) is 0 Å². The zero-order valence-electron chi connectivity index (χ0n) is 16.4. The maximum atomic E-state index is 14.0. The molecule has 1 saturated heterocycles. The SMILES string of the molecule is COc1cccc(-n2nnc(C(=O)N3CCN(c4ccccc4F)CC3)c2C)c1. The molecule has 8 heteroatoms. The van der Waals surface area contributed by atoms with Gasteiger partial charge in [-0.1, -0.05) is 23.4 Å². The number of halogens is 1. The Labute approximate surface area is 168 Å². The Bertz CT molecular complexity index is 1030. The molecule has 1 aliphatic rings. The van der Waals surface area contributed by atoms with Gasteiger partial charge in [0.15, 0.2) is 5.69 Å². The van der Waals surface area contributed by atoms with Crippen LogP contribution in [0.5, 0.6) is 5.75 Å². The van der Waals surface area contributed by atoms with E-state index in [1.54, 1.807) is 28.8 Å². The Balaban J connectivity index is 1.48. The maximum Gasteiger partial charge on any atom is 0.276 e. The number of benzene rings is 2. The molecular weight excluding hydrogens is 373 g/mol. The van der Waals surface area contributed by atoms with Crippen LogP contribution in [-0.4, -0.2) is 59.1 Å². The molecule has 1 aromatic heterocycles. The third-order valence-corrected chi connectivity index (χ3v) is 5.16. The number of carbonyl (C=O) groups excluding carboxylic acids is 1. The quantitative estimate of drug-likeness (QED) is 0.680. The smallest absolute Gasteiger partial charge is 0.276 e. The zero-order chi connectivity index (χ0) is 20.4. The molecule has 2 heterocycles. The number of hydrogen-bond acceptors (Lipinski definition) is 5. The predicted octanol–water partition coefficient (Wildman–Crippen LogP) is 2.69. The van der Waals surface area contributed by atoms with Crippen LogP contribution < -0.4 is 9.64 Å². The summed E-state index contributed by atoms with van der Waals surface area (Å²) in [6, 6.07) is 14.1. The van der Waals surface area contributed by atoms with Crippen molar-refractivity contribution in [2.75, 3.05) is 38.2 Å². The lowest BCUT2D eigenvalue weighted by atomic mass is 10.2. The Kier molecular flexibility index (Phi) is 5.16. The highest BCUT2D eigenvalue weighted by Gasteiger charge is 2.27. The summed E-state index contributed by atoms with van der Waals surface area (Å²) in [5.41, 5.74) is 2.34.